The van der Waals surface area contributed by atoms with Gasteiger partial charge in [0.15, 0.2) is 0 Å². The van der Waals surface area contributed by atoms with Crippen LogP contribution in [-0.4, -0.2) is 17.6 Å². The lowest BCUT2D eigenvalue weighted by Crippen LogP contribution is -2.07. The Bertz CT molecular complexity index is 1000. The van der Waals surface area contributed by atoms with Crippen molar-refractivity contribution in [2.24, 2.45) is 0 Å². The maximum Gasteiger partial charge on any atom is 0.349 e. The number of carbonyl (C=O) groups is 1. The zero-order valence-electron chi connectivity index (χ0n) is 15.3. The first kappa shape index (κ1) is 19.3. The van der Waals surface area contributed by atoms with Crippen molar-refractivity contribution in [3.63, 3.8) is 0 Å². The van der Waals surface area contributed by atoms with E-state index in [1.54, 1.807) is 24.3 Å². The Hall–Kier alpha value is -3.43. The molecule has 0 aliphatic heterocycles. The summed E-state index contributed by atoms with van der Waals surface area (Å²) in [6.45, 7) is 2.50. The lowest BCUT2D eigenvalue weighted by atomic mass is 10.1. The molecular formula is C22H18N2O3S. The van der Waals surface area contributed by atoms with Gasteiger partial charge < -0.3 is 9.47 Å². The summed E-state index contributed by atoms with van der Waals surface area (Å²) in [4.78, 5) is 16.7. The van der Waals surface area contributed by atoms with E-state index >= 15 is 0 Å². The standard InChI is InChI=1S/C22H18N2O3S/c1-2-26-20-10-8-16(9-11-20)12-18(13-23)22(25)27-14-19-15-28-21(24-19)17-6-4-3-5-7-17/h3-12,15H,2,14H2,1H3/b18-12+. The van der Waals surface area contributed by atoms with Crippen molar-refractivity contribution in [1.29, 1.82) is 5.26 Å². The van der Waals surface area contributed by atoms with Gasteiger partial charge in [-0.05, 0) is 30.7 Å². The van der Waals surface area contributed by atoms with E-state index in [1.807, 2.05) is 48.7 Å². The van der Waals surface area contributed by atoms with Gasteiger partial charge in [-0.1, -0.05) is 42.5 Å². The molecule has 0 aliphatic carbocycles. The van der Waals surface area contributed by atoms with Crippen LogP contribution in [0.25, 0.3) is 16.6 Å². The Morgan fingerprint density at radius 1 is 1.18 bits per heavy atom. The van der Waals surface area contributed by atoms with Gasteiger partial charge in [0.05, 0.1) is 12.3 Å². The minimum Gasteiger partial charge on any atom is -0.494 e. The molecule has 0 aliphatic rings. The van der Waals surface area contributed by atoms with Crippen molar-refractivity contribution in [2.75, 3.05) is 6.61 Å². The molecule has 0 N–H and O–H groups in total. The summed E-state index contributed by atoms with van der Waals surface area (Å²) in [5.41, 5.74) is 2.31. The molecule has 0 bridgehead atoms. The minimum atomic E-state index is -0.675. The van der Waals surface area contributed by atoms with Crippen LogP contribution in [0.15, 0.2) is 65.6 Å². The van der Waals surface area contributed by atoms with Gasteiger partial charge in [0.1, 0.15) is 29.0 Å². The summed E-state index contributed by atoms with van der Waals surface area (Å²) in [7, 11) is 0. The highest BCUT2D eigenvalue weighted by molar-refractivity contribution is 7.13. The number of aromatic nitrogens is 1. The Morgan fingerprint density at radius 3 is 2.61 bits per heavy atom. The summed E-state index contributed by atoms with van der Waals surface area (Å²) >= 11 is 1.48. The third-order valence-corrected chi connectivity index (χ3v) is 4.71. The topological polar surface area (TPSA) is 72.2 Å². The third-order valence-electron chi connectivity index (χ3n) is 3.77. The number of thiazole rings is 1. The van der Waals surface area contributed by atoms with Crippen LogP contribution in [0.5, 0.6) is 5.75 Å². The van der Waals surface area contributed by atoms with Crippen molar-refractivity contribution in [3.05, 3.63) is 76.8 Å². The molecule has 1 heterocycles. The second-order valence-corrected chi connectivity index (χ2v) is 6.62. The van der Waals surface area contributed by atoms with Gasteiger partial charge in [-0.2, -0.15) is 5.26 Å². The number of hydrogen-bond acceptors (Lipinski definition) is 6. The van der Waals surface area contributed by atoms with Crippen molar-refractivity contribution in [2.45, 2.75) is 13.5 Å². The smallest absolute Gasteiger partial charge is 0.349 e. The highest BCUT2D eigenvalue weighted by Gasteiger charge is 2.13. The predicted octanol–water partition coefficient (Wildman–Crippen LogP) is 4.86. The molecule has 6 heteroatoms. The molecule has 0 atom stereocenters. The fraction of sp³-hybridized carbons (Fsp3) is 0.136. The van der Waals surface area contributed by atoms with Crippen LogP contribution in [0.4, 0.5) is 0 Å². The van der Waals surface area contributed by atoms with Crippen LogP contribution in [0.2, 0.25) is 0 Å². The minimum absolute atomic E-state index is 0.0183. The first-order chi connectivity index (χ1) is 13.7. The highest BCUT2D eigenvalue weighted by Crippen LogP contribution is 2.23. The molecule has 28 heavy (non-hydrogen) atoms. The van der Waals surface area contributed by atoms with Gasteiger partial charge in [0.2, 0.25) is 0 Å². The zero-order valence-corrected chi connectivity index (χ0v) is 16.1. The molecule has 3 rings (SSSR count). The molecule has 0 unspecified atom stereocenters. The Morgan fingerprint density at radius 2 is 1.93 bits per heavy atom. The molecule has 0 saturated carbocycles. The maximum absolute atomic E-state index is 12.2. The van der Waals surface area contributed by atoms with Gasteiger partial charge in [-0.3, -0.25) is 0 Å². The van der Waals surface area contributed by atoms with Crippen LogP contribution < -0.4 is 4.74 Å². The molecule has 1 aromatic heterocycles. The Kier molecular flexibility index (Phi) is 6.55. The second-order valence-electron chi connectivity index (χ2n) is 5.76. The third kappa shape index (κ3) is 5.06. The number of carbonyl (C=O) groups excluding carboxylic acids is 1. The molecule has 140 valence electrons. The Balaban J connectivity index is 1.63. The van der Waals surface area contributed by atoms with Crippen LogP contribution in [-0.2, 0) is 16.1 Å². The van der Waals surface area contributed by atoms with E-state index in [2.05, 4.69) is 4.98 Å². The number of esters is 1. The summed E-state index contributed by atoms with van der Waals surface area (Å²) in [6, 6.07) is 18.8. The average molecular weight is 390 g/mol. The van der Waals surface area contributed by atoms with Crippen molar-refractivity contribution < 1.29 is 14.3 Å². The summed E-state index contributed by atoms with van der Waals surface area (Å²) in [5, 5.41) is 12.0. The van der Waals surface area contributed by atoms with Crippen molar-refractivity contribution in [1.82, 2.24) is 4.98 Å². The monoisotopic (exact) mass is 390 g/mol. The molecule has 0 radical (unpaired) electrons. The fourth-order valence-electron chi connectivity index (χ4n) is 2.43. The van der Waals surface area contributed by atoms with E-state index in [9.17, 15) is 10.1 Å². The van der Waals surface area contributed by atoms with E-state index in [0.29, 0.717) is 12.3 Å². The molecule has 0 spiro atoms. The number of rotatable bonds is 7. The number of benzene rings is 2. The molecule has 3 aromatic rings. The van der Waals surface area contributed by atoms with E-state index in [-0.39, 0.29) is 12.2 Å². The van der Waals surface area contributed by atoms with Crippen LogP contribution in [0.1, 0.15) is 18.2 Å². The molecule has 0 fully saturated rings. The summed E-state index contributed by atoms with van der Waals surface area (Å²) in [6.07, 6.45) is 1.49. The molecule has 2 aromatic carbocycles. The number of nitrogens with zero attached hydrogens (tertiary/aromatic N) is 2. The van der Waals surface area contributed by atoms with Gasteiger partial charge in [0.25, 0.3) is 0 Å². The van der Waals surface area contributed by atoms with E-state index in [4.69, 9.17) is 9.47 Å². The second kappa shape index (κ2) is 9.49. The molecular weight excluding hydrogens is 372 g/mol. The number of nitriles is 1. The predicted molar refractivity (Wildman–Crippen MR) is 109 cm³/mol. The first-order valence-corrected chi connectivity index (χ1v) is 9.59. The van der Waals surface area contributed by atoms with E-state index < -0.39 is 5.97 Å². The van der Waals surface area contributed by atoms with Gasteiger partial charge in [-0.25, -0.2) is 9.78 Å². The van der Waals surface area contributed by atoms with Gasteiger partial charge >= 0.3 is 5.97 Å². The molecule has 0 saturated heterocycles. The molecule has 0 amide bonds. The average Bonchev–Trinajstić information content (AvgIpc) is 3.21. The highest BCUT2D eigenvalue weighted by atomic mass is 32.1. The summed E-state index contributed by atoms with van der Waals surface area (Å²) < 4.78 is 10.6. The lowest BCUT2D eigenvalue weighted by molar-refractivity contribution is -0.139. The quantitative estimate of drug-likeness (QED) is 0.327. The largest absolute Gasteiger partial charge is 0.494 e. The number of ether oxygens (including phenoxy) is 2. The molecule has 5 nitrogen and oxygen atoms in total. The normalized spacial score (nSPS) is 10.9. The van der Waals surface area contributed by atoms with Crippen LogP contribution in [0, 0.1) is 11.3 Å². The number of hydrogen-bond donors (Lipinski definition) is 0. The van der Waals surface area contributed by atoms with E-state index in [1.165, 1.54) is 17.4 Å². The first-order valence-electron chi connectivity index (χ1n) is 8.71. The lowest BCUT2D eigenvalue weighted by Gasteiger charge is -2.04. The maximum atomic E-state index is 12.2. The Labute approximate surface area is 167 Å². The van der Waals surface area contributed by atoms with Crippen molar-refractivity contribution in [3.8, 4) is 22.4 Å². The zero-order chi connectivity index (χ0) is 19.8. The van der Waals surface area contributed by atoms with Crippen molar-refractivity contribution >= 4 is 23.4 Å². The SMILES string of the molecule is CCOc1ccc(/C=C(\C#N)C(=O)OCc2csc(-c3ccccc3)n2)cc1. The van der Waals surface area contributed by atoms with Gasteiger partial charge in [0, 0.05) is 10.9 Å². The van der Waals surface area contributed by atoms with Gasteiger partial charge in [-0.15, -0.1) is 11.3 Å². The fourth-order valence-corrected chi connectivity index (χ4v) is 3.24. The van der Waals surface area contributed by atoms with Crippen LogP contribution in [0.3, 0.4) is 0 Å². The van der Waals surface area contributed by atoms with Crippen LogP contribution >= 0.6 is 11.3 Å². The summed E-state index contributed by atoms with van der Waals surface area (Å²) in [5.74, 6) is 0.0594. The van der Waals surface area contributed by atoms with E-state index in [0.717, 1.165) is 21.9 Å².